The molecule has 0 bridgehead atoms. The monoisotopic (exact) mass is 271 g/mol. The van der Waals surface area contributed by atoms with Crippen LogP contribution in [-0.4, -0.2) is 30.5 Å². The molecule has 4 rings (SSSR count). The molecule has 0 N–H and O–H groups in total. The van der Waals surface area contributed by atoms with Crippen LogP contribution in [0.4, 0.5) is 0 Å². The van der Waals surface area contributed by atoms with Crippen LogP contribution in [0.2, 0.25) is 0 Å². The Morgan fingerprint density at radius 2 is 2.15 bits per heavy atom. The first-order valence-corrected chi connectivity index (χ1v) is 7.73. The Labute approximate surface area is 119 Å². The molecular weight excluding hydrogens is 250 g/mol. The molecule has 0 unspecified atom stereocenters. The van der Waals surface area contributed by atoms with Crippen LogP contribution in [-0.2, 0) is 11.2 Å². The van der Waals surface area contributed by atoms with Gasteiger partial charge in [-0.15, -0.1) is 0 Å². The van der Waals surface area contributed by atoms with Gasteiger partial charge in [0.05, 0.1) is 7.11 Å². The summed E-state index contributed by atoms with van der Waals surface area (Å²) in [5.74, 6) is 2.53. The Bertz CT molecular complexity index is 550. The Balaban J connectivity index is 1.67. The number of ether oxygens (including phenoxy) is 1. The summed E-state index contributed by atoms with van der Waals surface area (Å²) in [4.78, 5) is 14.5. The normalized spacial score (nSPS) is 28.2. The van der Waals surface area contributed by atoms with Gasteiger partial charge in [-0.3, -0.25) is 4.79 Å². The van der Waals surface area contributed by atoms with Crippen LogP contribution in [0, 0.1) is 5.92 Å². The Morgan fingerprint density at radius 1 is 1.30 bits per heavy atom. The second-order valence-electron chi connectivity index (χ2n) is 6.43. The van der Waals surface area contributed by atoms with Crippen LogP contribution >= 0.6 is 0 Å². The van der Waals surface area contributed by atoms with Crippen molar-refractivity contribution in [2.24, 2.45) is 5.92 Å². The van der Waals surface area contributed by atoms with Gasteiger partial charge in [0.25, 0.3) is 0 Å². The van der Waals surface area contributed by atoms with Crippen molar-refractivity contribution < 1.29 is 9.53 Å². The molecule has 1 aromatic carbocycles. The predicted octanol–water partition coefficient (Wildman–Crippen LogP) is 2.74. The van der Waals surface area contributed by atoms with E-state index in [1.165, 1.54) is 24.0 Å². The number of rotatable bonds is 3. The molecular formula is C17H21NO2. The van der Waals surface area contributed by atoms with Crippen LogP contribution in [0.3, 0.4) is 0 Å². The average Bonchev–Trinajstić information content (AvgIpc) is 3.23. The number of hydrogen-bond acceptors (Lipinski definition) is 2. The lowest BCUT2D eigenvalue weighted by Crippen LogP contribution is -2.38. The zero-order valence-corrected chi connectivity index (χ0v) is 12.0. The van der Waals surface area contributed by atoms with Crippen LogP contribution < -0.4 is 4.74 Å². The van der Waals surface area contributed by atoms with Crippen molar-refractivity contribution >= 4 is 5.91 Å². The van der Waals surface area contributed by atoms with E-state index < -0.39 is 0 Å². The minimum atomic E-state index is 0.363. The van der Waals surface area contributed by atoms with Crippen molar-refractivity contribution in [2.75, 3.05) is 13.7 Å². The van der Waals surface area contributed by atoms with Gasteiger partial charge in [0.2, 0.25) is 5.91 Å². The van der Waals surface area contributed by atoms with Gasteiger partial charge in [0.1, 0.15) is 5.75 Å². The van der Waals surface area contributed by atoms with E-state index in [2.05, 4.69) is 17.0 Å². The number of hydrogen-bond donors (Lipinski definition) is 0. The molecule has 0 aromatic heterocycles. The van der Waals surface area contributed by atoms with E-state index in [1.54, 1.807) is 7.11 Å². The molecule has 1 aliphatic heterocycles. The minimum Gasteiger partial charge on any atom is -0.496 e. The van der Waals surface area contributed by atoms with Crippen molar-refractivity contribution in [3.05, 3.63) is 29.3 Å². The Hall–Kier alpha value is -1.51. The van der Waals surface area contributed by atoms with Crippen LogP contribution in [0.5, 0.6) is 5.75 Å². The minimum absolute atomic E-state index is 0.363. The summed E-state index contributed by atoms with van der Waals surface area (Å²) in [6.07, 6.45) is 5.44. The highest BCUT2D eigenvalue weighted by atomic mass is 16.5. The third kappa shape index (κ3) is 1.83. The summed E-state index contributed by atoms with van der Waals surface area (Å²) < 4.78 is 5.49. The molecule has 1 amide bonds. The maximum absolute atomic E-state index is 12.4. The summed E-state index contributed by atoms with van der Waals surface area (Å²) in [6.45, 7) is 0.999. The van der Waals surface area contributed by atoms with Gasteiger partial charge < -0.3 is 9.64 Å². The lowest BCUT2D eigenvalue weighted by atomic mass is 9.79. The molecule has 2 fully saturated rings. The van der Waals surface area contributed by atoms with Crippen molar-refractivity contribution in [2.45, 2.75) is 44.1 Å². The molecule has 1 saturated carbocycles. The second kappa shape index (κ2) is 4.51. The van der Waals surface area contributed by atoms with Crippen LogP contribution in [0.25, 0.3) is 0 Å². The van der Waals surface area contributed by atoms with Gasteiger partial charge in [0, 0.05) is 24.9 Å². The molecule has 106 valence electrons. The van der Waals surface area contributed by atoms with E-state index >= 15 is 0 Å². The maximum atomic E-state index is 12.4. The second-order valence-corrected chi connectivity index (χ2v) is 6.43. The summed E-state index contributed by atoms with van der Waals surface area (Å²) in [6, 6.07) is 6.73. The van der Waals surface area contributed by atoms with Crippen molar-refractivity contribution in [3.63, 3.8) is 0 Å². The van der Waals surface area contributed by atoms with Gasteiger partial charge in [-0.1, -0.05) is 12.1 Å². The van der Waals surface area contributed by atoms with Crippen molar-refractivity contribution in [1.29, 1.82) is 0 Å². The Morgan fingerprint density at radius 3 is 2.90 bits per heavy atom. The third-order valence-corrected chi connectivity index (χ3v) is 5.21. The van der Waals surface area contributed by atoms with Crippen LogP contribution in [0.1, 0.15) is 42.7 Å². The molecule has 3 aliphatic rings. The van der Waals surface area contributed by atoms with E-state index in [0.717, 1.165) is 31.1 Å². The summed E-state index contributed by atoms with van der Waals surface area (Å²) >= 11 is 0. The quantitative estimate of drug-likeness (QED) is 0.846. The molecule has 1 heterocycles. The standard InChI is InChI=1S/C17H21NO2/c1-20-16-4-2-3-12-13(16)7-8-15-14(12)9-17(19)18(15)10-11-5-6-11/h2-4,11,14-15H,5-10H2,1H3/t14-,15-/m1/s1. The zero-order chi connectivity index (χ0) is 13.7. The van der Waals surface area contributed by atoms with Gasteiger partial charge in [0.15, 0.2) is 0 Å². The van der Waals surface area contributed by atoms with E-state index in [9.17, 15) is 4.79 Å². The fourth-order valence-corrected chi connectivity index (χ4v) is 4.01. The number of carbonyl (C=O) groups is 1. The number of likely N-dealkylation sites (tertiary alicyclic amines) is 1. The van der Waals surface area contributed by atoms with E-state index in [4.69, 9.17) is 4.74 Å². The highest BCUT2D eigenvalue weighted by Gasteiger charge is 2.45. The molecule has 0 radical (unpaired) electrons. The largest absolute Gasteiger partial charge is 0.496 e. The molecule has 1 aromatic rings. The highest BCUT2D eigenvalue weighted by molar-refractivity contribution is 5.81. The summed E-state index contributed by atoms with van der Waals surface area (Å²) in [5, 5.41) is 0. The maximum Gasteiger partial charge on any atom is 0.223 e. The first kappa shape index (κ1) is 12.2. The van der Waals surface area contributed by atoms with Gasteiger partial charge >= 0.3 is 0 Å². The SMILES string of the molecule is COc1cccc2c1CC[C@@H]1[C@@H]2CC(=O)N1CC1CC1. The fourth-order valence-electron chi connectivity index (χ4n) is 4.01. The van der Waals surface area contributed by atoms with Crippen molar-refractivity contribution in [1.82, 2.24) is 4.90 Å². The lowest BCUT2D eigenvalue weighted by molar-refractivity contribution is -0.129. The number of benzene rings is 1. The lowest BCUT2D eigenvalue weighted by Gasteiger charge is -2.33. The summed E-state index contributed by atoms with van der Waals surface area (Å²) in [7, 11) is 1.74. The zero-order valence-electron chi connectivity index (χ0n) is 12.0. The summed E-state index contributed by atoms with van der Waals surface area (Å²) in [5.41, 5.74) is 2.68. The highest BCUT2D eigenvalue weighted by Crippen LogP contribution is 2.45. The number of fused-ring (bicyclic) bond motifs is 3. The van der Waals surface area contributed by atoms with E-state index in [0.29, 0.717) is 24.3 Å². The Kier molecular flexibility index (Phi) is 2.76. The molecule has 3 heteroatoms. The molecule has 0 spiro atoms. The van der Waals surface area contributed by atoms with Gasteiger partial charge in [-0.25, -0.2) is 0 Å². The number of amides is 1. The van der Waals surface area contributed by atoms with Crippen molar-refractivity contribution in [3.8, 4) is 5.75 Å². The van der Waals surface area contributed by atoms with Crippen LogP contribution in [0.15, 0.2) is 18.2 Å². The smallest absolute Gasteiger partial charge is 0.223 e. The van der Waals surface area contributed by atoms with Gasteiger partial charge in [-0.05, 0) is 48.8 Å². The van der Waals surface area contributed by atoms with E-state index in [1.807, 2.05) is 6.07 Å². The molecule has 20 heavy (non-hydrogen) atoms. The first-order chi connectivity index (χ1) is 9.78. The van der Waals surface area contributed by atoms with Gasteiger partial charge in [-0.2, -0.15) is 0 Å². The number of carbonyl (C=O) groups excluding carboxylic acids is 1. The third-order valence-electron chi connectivity index (χ3n) is 5.21. The van der Waals surface area contributed by atoms with E-state index in [-0.39, 0.29) is 0 Å². The molecule has 2 aliphatic carbocycles. The average molecular weight is 271 g/mol. The molecule has 3 nitrogen and oxygen atoms in total. The topological polar surface area (TPSA) is 29.5 Å². The number of methoxy groups -OCH3 is 1. The molecule has 1 saturated heterocycles. The number of nitrogens with zero attached hydrogens (tertiary/aromatic N) is 1. The predicted molar refractivity (Wildman–Crippen MR) is 76.9 cm³/mol. The fraction of sp³-hybridized carbons (Fsp3) is 0.588. The first-order valence-electron chi connectivity index (χ1n) is 7.73. The molecule has 2 atom stereocenters.